The summed E-state index contributed by atoms with van der Waals surface area (Å²) in [6.07, 6.45) is 2.08. The molecule has 1 aliphatic rings. The molecule has 118 valence electrons. The highest BCUT2D eigenvalue weighted by molar-refractivity contribution is 5.85. The number of fused-ring (bicyclic) bond motifs is 1. The van der Waals surface area contributed by atoms with E-state index in [4.69, 9.17) is 0 Å². The molecular weight excluding hydrogens is 296 g/mol. The Morgan fingerprint density at radius 2 is 2.00 bits per heavy atom. The van der Waals surface area contributed by atoms with Crippen LogP contribution in [0.4, 0.5) is 0 Å². The zero-order valence-electron chi connectivity index (χ0n) is 12.8. The Morgan fingerprint density at radius 3 is 2.73 bits per heavy atom. The van der Waals surface area contributed by atoms with E-state index in [2.05, 4.69) is 47.9 Å². The summed E-state index contributed by atoms with van der Waals surface area (Å²) in [5, 5.41) is 8.89. The first-order valence-corrected chi connectivity index (χ1v) is 7.74. The van der Waals surface area contributed by atoms with Gasteiger partial charge in [-0.3, -0.25) is 4.79 Å². The Balaban J connectivity index is 0.00000176. The minimum Gasteiger partial charge on any atom is -0.349 e. The second kappa shape index (κ2) is 7.61. The average Bonchev–Trinajstić information content (AvgIpc) is 2.55. The Hall–Kier alpha value is -1.58. The molecule has 3 rings (SSSR count). The monoisotopic (exact) mass is 318 g/mol. The first-order valence-electron chi connectivity index (χ1n) is 7.74. The van der Waals surface area contributed by atoms with Crippen molar-refractivity contribution in [3.8, 4) is 0 Å². The number of benzene rings is 2. The first-order chi connectivity index (χ1) is 10.2. The van der Waals surface area contributed by atoms with Gasteiger partial charge in [-0.15, -0.1) is 12.4 Å². The number of carbonyl (C=O) groups is 1. The molecule has 2 N–H and O–H groups in total. The molecule has 2 aromatic carbocycles. The van der Waals surface area contributed by atoms with Crippen LogP contribution in [0.25, 0.3) is 10.8 Å². The summed E-state index contributed by atoms with van der Waals surface area (Å²) in [5.74, 6) is 0.282. The second-order valence-electron chi connectivity index (χ2n) is 5.88. The van der Waals surface area contributed by atoms with Gasteiger partial charge in [-0.05, 0) is 48.7 Å². The van der Waals surface area contributed by atoms with Crippen molar-refractivity contribution in [2.24, 2.45) is 5.92 Å². The maximum atomic E-state index is 12.3. The van der Waals surface area contributed by atoms with E-state index in [0.717, 1.165) is 31.5 Å². The van der Waals surface area contributed by atoms with E-state index >= 15 is 0 Å². The summed E-state index contributed by atoms with van der Waals surface area (Å²) in [7, 11) is 0. The van der Waals surface area contributed by atoms with Gasteiger partial charge >= 0.3 is 0 Å². The standard InChI is InChI=1S/C18H22N2O.ClH/c1-13(20-18(21)17-7-4-10-19-12-17)15-9-8-14-5-2-3-6-16(14)11-15;/h2-3,5-6,8-9,11,13,17,19H,4,7,10,12H2,1H3,(H,20,21);1H. The van der Waals surface area contributed by atoms with Crippen LogP contribution in [0.2, 0.25) is 0 Å². The minimum absolute atomic E-state index is 0. The summed E-state index contributed by atoms with van der Waals surface area (Å²) in [5.41, 5.74) is 1.16. The van der Waals surface area contributed by atoms with Crippen molar-refractivity contribution in [3.05, 3.63) is 48.0 Å². The highest BCUT2D eigenvalue weighted by atomic mass is 35.5. The maximum Gasteiger partial charge on any atom is 0.224 e. The lowest BCUT2D eigenvalue weighted by molar-refractivity contribution is -0.126. The quantitative estimate of drug-likeness (QED) is 0.910. The number of carbonyl (C=O) groups excluding carboxylic acids is 1. The highest BCUT2D eigenvalue weighted by Gasteiger charge is 2.22. The molecule has 0 saturated carbocycles. The van der Waals surface area contributed by atoms with Crippen molar-refractivity contribution in [1.29, 1.82) is 0 Å². The van der Waals surface area contributed by atoms with Crippen LogP contribution < -0.4 is 10.6 Å². The molecule has 4 heteroatoms. The summed E-state index contributed by atoms with van der Waals surface area (Å²) in [6.45, 7) is 3.89. The average molecular weight is 319 g/mol. The van der Waals surface area contributed by atoms with Crippen molar-refractivity contribution in [3.63, 3.8) is 0 Å². The van der Waals surface area contributed by atoms with Crippen LogP contribution in [-0.2, 0) is 4.79 Å². The van der Waals surface area contributed by atoms with Crippen LogP contribution in [-0.4, -0.2) is 19.0 Å². The third-order valence-electron chi connectivity index (χ3n) is 4.30. The number of nitrogens with one attached hydrogen (secondary N) is 2. The maximum absolute atomic E-state index is 12.3. The molecule has 2 aromatic rings. The molecule has 0 spiro atoms. The zero-order chi connectivity index (χ0) is 14.7. The minimum atomic E-state index is 0. The molecule has 1 heterocycles. The van der Waals surface area contributed by atoms with Crippen LogP contribution in [0.1, 0.15) is 31.4 Å². The van der Waals surface area contributed by atoms with E-state index in [9.17, 15) is 4.79 Å². The lowest BCUT2D eigenvalue weighted by Gasteiger charge is -2.24. The topological polar surface area (TPSA) is 41.1 Å². The lowest BCUT2D eigenvalue weighted by Crippen LogP contribution is -2.41. The molecule has 1 fully saturated rings. The van der Waals surface area contributed by atoms with Gasteiger partial charge in [0.2, 0.25) is 5.91 Å². The number of hydrogen-bond acceptors (Lipinski definition) is 2. The van der Waals surface area contributed by atoms with Gasteiger partial charge in [0.25, 0.3) is 0 Å². The molecule has 1 amide bonds. The van der Waals surface area contributed by atoms with E-state index in [-0.39, 0.29) is 30.3 Å². The van der Waals surface area contributed by atoms with Gasteiger partial charge < -0.3 is 10.6 Å². The summed E-state index contributed by atoms with van der Waals surface area (Å²) >= 11 is 0. The molecule has 1 aliphatic heterocycles. The molecule has 0 aliphatic carbocycles. The third-order valence-corrected chi connectivity index (χ3v) is 4.30. The Labute approximate surface area is 137 Å². The van der Waals surface area contributed by atoms with Crippen molar-refractivity contribution in [2.75, 3.05) is 13.1 Å². The number of halogens is 1. The Morgan fingerprint density at radius 1 is 1.23 bits per heavy atom. The van der Waals surface area contributed by atoms with Gasteiger partial charge in [-0.1, -0.05) is 36.4 Å². The zero-order valence-corrected chi connectivity index (χ0v) is 13.7. The van der Waals surface area contributed by atoms with E-state index < -0.39 is 0 Å². The largest absolute Gasteiger partial charge is 0.349 e. The van der Waals surface area contributed by atoms with Crippen LogP contribution >= 0.6 is 12.4 Å². The predicted molar refractivity (Wildman–Crippen MR) is 93.3 cm³/mol. The van der Waals surface area contributed by atoms with Crippen LogP contribution in [0.5, 0.6) is 0 Å². The number of piperidine rings is 1. The Kier molecular flexibility index (Phi) is 5.81. The van der Waals surface area contributed by atoms with Gasteiger partial charge in [0.05, 0.1) is 12.0 Å². The lowest BCUT2D eigenvalue weighted by atomic mass is 9.97. The number of rotatable bonds is 3. The van der Waals surface area contributed by atoms with Crippen molar-refractivity contribution >= 4 is 29.1 Å². The van der Waals surface area contributed by atoms with Gasteiger partial charge in [0.15, 0.2) is 0 Å². The van der Waals surface area contributed by atoms with Crippen molar-refractivity contribution in [2.45, 2.75) is 25.8 Å². The highest BCUT2D eigenvalue weighted by Crippen LogP contribution is 2.21. The first kappa shape index (κ1) is 16.8. The molecule has 0 radical (unpaired) electrons. The van der Waals surface area contributed by atoms with Crippen LogP contribution in [0, 0.1) is 5.92 Å². The molecule has 2 unspecified atom stereocenters. The molecule has 3 nitrogen and oxygen atoms in total. The number of hydrogen-bond donors (Lipinski definition) is 2. The molecular formula is C18H23ClN2O. The summed E-state index contributed by atoms with van der Waals surface area (Å²) in [4.78, 5) is 12.3. The molecule has 0 bridgehead atoms. The Bertz CT molecular complexity index is 638. The fourth-order valence-electron chi connectivity index (χ4n) is 2.97. The van der Waals surface area contributed by atoms with Gasteiger partial charge in [0.1, 0.15) is 0 Å². The normalized spacial score (nSPS) is 19.2. The predicted octanol–water partition coefficient (Wildman–Crippen LogP) is 3.44. The van der Waals surface area contributed by atoms with Crippen LogP contribution in [0.15, 0.2) is 42.5 Å². The number of amides is 1. The van der Waals surface area contributed by atoms with Crippen molar-refractivity contribution in [1.82, 2.24) is 10.6 Å². The SMILES string of the molecule is CC(NC(=O)C1CCCNC1)c1ccc2ccccc2c1.Cl. The van der Waals surface area contributed by atoms with Gasteiger partial charge in [-0.2, -0.15) is 0 Å². The summed E-state index contributed by atoms with van der Waals surface area (Å²) in [6, 6.07) is 14.7. The fourth-order valence-corrected chi connectivity index (χ4v) is 2.97. The summed E-state index contributed by atoms with van der Waals surface area (Å²) < 4.78 is 0. The van der Waals surface area contributed by atoms with E-state index in [1.165, 1.54) is 10.8 Å². The third kappa shape index (κ3) is 3.79. The van der Waals surface area contributed by atoms with Crippen molar-refractivity contribution < 1.29 is 4.79 Å². The fraction of sp³-hybridized carbons (Fsp3) is 0.389. The smallest absolute Gasteiger partial charge is 0.224 e. The molecule has 2 atom stereocenters. The van der Waals surface area contributed by atoms with Gasteiger partial charge in [-0.25, -0.2) is 0 Å². The van der Waals surface area contributed by atoms with E-state index in [0.29, 0.717) is 0 Å². The molecule has 1 saturated heterocycles. The van der Waals surface area contributed by atoms with Gasteiger partial charge in [0, 0.05) is 6.54 Å². The molecule has 0 aromatic heterocycles. The molecule has 22 heavy (non-hydrogen) atoms. The van der Waals surface area contributed by atoms with Crippen LogP contribution in [0.3, 0.4) is 0 Å². The van der Waals surface area contributed by atoms with E-state index in [1.807, 2.05) is 12.1 Å². The second-order valence-corrected chi connectivity index (χ2v) is 5.88. The van der Waals surface area contributed by atoms with E-state index in [1.54, 1.807) is 0 Å².